The van der Waals surface area contributed by atoms with Crippen molar-refractivity contribution in [3.05, 3.63) is 16.5 Å². The lowest BCUT2D eigenvalue weighted by Gasteiger charge is -2.33. The van der Waals surface area contributed by atoms with Gasteiger partial charge in [0.25, 0.3) is 5.92 Å². The van der Waals surface area contributed by atoms with Crippen LogP contribution < -0.4 is 4.90 Å². The summed E-state index contributed by atoms with van der Waals surface area (Å²) in [6.07, 6.45) is 1.67. The first-order chi connectivity index (χ1) is 9.37. The van der Waals surface area contributed by atoms with Crippen LogP contribution in [0, 0.1) is 6.92 Å². The summed E-state index contributed by atoms with van der Waals surface area (Å²) in [5.41, 5.74) is 0.816. The van der Waals surface area contributed by atoms with Gasteiger partial charge in [0.1, 0.15) is 17.3 Å². The van der Waals surface area contributed by atoms with Crippen LogP contribution in [-0.2, 0) is 7.05 Å². The zero-order chi connectivity index (χ0) is 14.5. The quantitative estimate of drug-likeness (QED) is 0.796. The summed E-state index contributed by atoms with van der Waals surface area (Å²) in [6.45, 7) is 2.46. The number of rotatable bonds is 1. The molecule has 7 heteroatoms. The summed E-state index contributed by atoms with van der Waals surface area (Å²) in [4.78, 5) is 10.8. The van der Waals surface area contributed by atoms with Gasteiger partial charge in [-0.1, -0.05) is 0 Å². The first kappa shape index (κ1) is 13.7. The van der Waals surface area contributed by atoms with Crippen molar-refractivity contribution in [1.29, 1.82) is 0 Å². The molecule has 0 aliphatic carbocycles. The van der Waals surface area contributed by atoms with Crippen molar-refractivity contribution in [2.45, 2.75) is 25.7 Å². The van der Waals surface area contributed by atoms with E-state index in [4.69, 9.17) is 0 Å². The van der Waals surface area contributed by atoms with E-state index in [1.54, 1.807) is 0 Å². The molecule has 3 heterocycles. The van der Waals surface area contributed by atoms with Gasteiger partial charge in [-0.05, 0) is 22.9 Å². The van der Waals surface area contributed by atoms with E-state index >= 15 is 0 Å². The maximum Gasteiger partial charge on any atom is 0.251 e. The molecule has 4 nitrogen and oxygen atoms in total. The number of hydrogen-bond donors (Lipinski definition) is 0. The Bertz CT molecular complexity index is 658. The normalized spacial score (nSPS) is 18.8. The van der Waals surface area contributed by atoms with Crippen LogP contribution >= 0.6 is 15.9 Å². The van der Waals surface area contributed by atoms with Gasteiger partial charge in [-0.25, -0.2) is 18.7 Å². The second-order valence-corrected chi connectivity index (χ2v) is 6.08. The molecule has 0 spiro atoms. The van der Waals surface area contributed by atoms with Crippen molar-refractivity contribution in [3.8, 4) is 0 Å². The Morgan fingerprint density at radius 2 is 1.90 bits per heavy atom. The van der Waals surface area contributed by atoms with Crippen LogP contribution in [0.5, 0.6) is 0 Å². The minimum absolute atomic E-state index is 0.123. The van der Waals surface area contributed by atoms with Crippen LogP contribution in [0.1, 0.15) is 18.7 Å². The van der Waals surface area contributed by atoms with Gasteiger partial charge >= 0.3 is 0 Å². The van der Waals surface area contributed by atoms with Gasteiger partial charge in [0.2, 0.25) is 0 Å². The highest BCUT2D eigenvalue weighted by molar-refractivity contribution is 9.10. The van der Waals surface area contributed by atoms with Crippen molar-refractivity contribution >= 4 is 32.8 Å². The van der Waals surface area contributed by atoms with Crippen LogP contribution in [0.3, 0.4) is 0 Å². The summed E-state index contributed by atoms with van der Waals surface area (Å²) < 4.78 is 29.4. The van der Waals surface area contributed by atoms with Gasteiger partial charge < -0.3 is 9.47 Å². The highest BCUT2D eigenvalue weighted by Gasteiger charge is 2.35. The van der Waals surface area contributed by atoms with Gasteiger partial charge in [-0.2, -0.15) is 0 Å². The van der Waals surface area contributed by atoms with E-state index < -0.39 is 5.92 Å². The molecule has 0 atom stereocenters. The molecule has 0 bridgehead atoms. The van der Waals surface area contributed by atoms with E-state index in [1.165, 1.54) is 0 Å². The zero-order valence-electron chi connectivity index (χ0n) is 11.3. The largest absolute Gasteiger partial charge is 0.355 e. The fraction of sp³-hybridized carbons (Fsp3) is 0.538. The standard InChI is InChI=1S/C13H15BrF2N4/c1-8-17-11-10(9(14)7-19(11)2)12(18-8)20-5-3-13(15,16)4-6-20/h7H,3-6H2,1-2H3. The third-order valence-corrected chi connectivity index (χ3v) is 4.26. The second-order valence-electron chi connectivity index (χ2n) is 5.22. The smallest absolute Gasteiger partial charge is 0.251 e. The monoisotopic (exact) mass is 344 g/mol. The topological polar surface area (TPSA) is 34.0 Å². The van der Waals surface area contributed by atoms with E-state index in [9.17, 15) is 8.78 Å². The molecule has 1 saturated heterocycles. The lowest BCUT2D eigenvalue weighted by Crippen LogP contribution is -2.40. The third kappa shape index (κ3) is 2.28. The molecule has 1 aliphatic rings. The SMILES string of the molecule is Cc1nc(N2CCC(F)(F)CC2)c2c(Br)cn(C)c2n1. The molecule has 1 aliphatic heterocycles. The molecule has 1 fully saturated rings. The molecule has 0 aromatic carbocycles. The molecule has 0 N–H and O–H groups in total. The lowest BCUT2D eigenvalue weighted by molar-refractivity contribution is -0.0221. The number of hydrogen-bond acceptors (Lipinski definition) is 3. The first-order valence-corrected chi connectivity index (χ1v) is 7.29. The van der Waals surface area contributed by atoms with E-state index in [0.29, 0.717) is 18.9 Å². The number of alkyl halides is 2. The Kier molecular flexibility index (Phi) is 3.19. The zero-order valence-corrected chi connectivity index (χ0v) is 12.9. The van der Waals surface area contributed by atoms with Crippen molar-refractivity contribution < 1.29 is 8.78 Å². The van der Waals surface area contributed by atoms with Crippen LogP contribution in [-0.4, -0.2) is 33.5 Å². The molecular formula is C13H15BrF2N4. The first-order valence-electron chi connectivity index (χ1n) is 6.49. The van der Waals surface area contributed by atoms with Gasteiger partial charge in [0.05, 0.1) is 5.39 Å². The molecule has 2 aromatic heterocycles. The molecule has 0 radical (unpaired) electrons. The number of aromatic nitrogens is 3. The van der Waals surface area contributed by atoms with Crippen molar-refractivity contribution in [1.82, 2.24) is 14.5 Å². The number of nitrogens with zero attached hydrogens (tertiary/aromatic N) is 4. The number of halogens is 3. The minimum Gasteiger partial charge on any atom is -0.355 e. The van der Waals surface area contributed by atoms with Crippen molar-refractivity contribution in [2.24, 2.45) is 7.05 Å². The van der Waals surface area contributed by atoms with E-state index in [-0.39, 0.29) is 12.8 Å². The summed E-state index contributed by atoms with van der Waals surface area (Å²) >= 11 is 3.51. The Balaban J connectivity index is 2.07. The van der Waals surface area contributed by atoms with Gasteiger partial charge in [0, 0.05) is 43.6 Å². The van der Waals surface area contributed by atoms with Gasteiger partial charge in [-0.3, -0.25) is 0 Å². The summed E-state index contributed by atoms with van der Waals surface area (Å²) in [5.74, 6) is -1.15. The average molecular weight is 345 g/mol. The van der Waals surface area contributed by atoms with Crippen LogP contribution in [0.25, 0.3) is 11.0 Å². The molecule has 0 amide bonds. The summed E-state index contributed by atoms with van der Waals surface area (Å²) in [5, 5.41) is 0.892. The fourth-order valence-corrected chi connectivity index (χ4v) is 3.24. The molecule has 108 valence electrons. The summed E-state index contributed by atoms with van der Waals surface area (Å²) in [7, 11) is 1.91. The molecule has 20 heavy (non-hydrogen) atoms. The van der Waals surface area contributed by atoms with Crippen molar-refractivity contribution in [2.75, 3.05) is 18.0 Å². The molecule has 0 unspecified atom stereocenters. The number of fused-ring (bicyclic) bond motifs is 1. The second kappa shape index (κ2) is 4.65. The number of piperidine rings is 1. The van der Waals surface area contributed by atoms with E-state index in [0.717, 1.165) is 21.3 Å². The highest BCUT2D eigenvalue weighted by atomic mass is 79.9. The fourth-order valence-electron chi connectivity index (χ4n) is 2.58. The lowest BCUT2D eigenvalue weighted by atomic mass is 10.1. The van der Waals surface area contributed by atoms with E-state index in [2.05, 4.69) is 25.9 Å². The van der Waals surface area contributed by atoms with Crippen LogP contribution in [0.15, 0.2) is 10.7 Å². The molecule has 3 rings (SSSR count). The minimum atomic E-state index is -2.55. The predicted octanol–water partition coefficient (Wildman–Crippen LogP) is 3.27. The molecule has 2 aromatic rings. The Labute approximate surface area is 123 Å². The Morgan fingerprint density at radius 3 is 2.55 bits per heavy atom. The Morgan fingerprint density at radius 1 is 1.25 bits per heavy atom. The Hall–Kier alpha value is -1.24. The summed E-state index contributed by atoms with van der Waals surface area (Å²) in [6, 6.07) is 0. The predicted molar refractivity (Wildman–Crippen MR) is 77.3 cm³/mol. The maximum atomic E-state index is 13.3. The average Bonchev–Trinajstić information content (AvgIpc) is 2.64. The van der Waals surface area contributed by atoms with Crippen LogP contribution in [0.4, 0.5) is 14.6 Å². The molecule has 0 saturated carbocycles. The maximum absolute atomic E-state index is 13.3. The van der Waals surface area contributed by atoms with Gasteiger partial charge in [0.15, 0.2) is 0 Å². The number of anilines is 1. The third-order valence-electron chi connectivity index (χ3n) is 3.66. The highest BCUT2D eigenvalue weighted by Crippen LogP contribution is 2.36. The van der Waals surface area contributed by atoms with Crippen molar-refractivity contribution in [3.63, 3.8) is 0 Å². The number of aryl methyl sites for hydroxylation is 2. The van der Waals surface area contributed by atoms with Gasteiger partial charge in [-0.15, -0.1) is 0 Å². The molecular weight excluding hydrogens is 330 g/mol. The van der Waals surface area contributed by atoms with Crippen LogP contribution in [0.2, 0.25) is 0 Å². The van der Waals surface area contributed by atoms with E-state index in [1.807, 2.05) is 29.6 Å².